The summed E-state index contributed by atoms with van der Waals surface area (Å²) in [5.74, 6) is 0.259. The Hall–Kier alpha value is -1.35. The van der Waals surface area contributed by atoms with Crippen LogP contribution in [0.1, 0.15) is 25.3 Å². The molecule has 1 aromatic carbocycles. The van der Waals surface area contributed by atoms with Gasteiger partial charge in [0.1, 0.15) is 0 Å². The maximum absolute atomic E-state index is 11.5. The number of benzene rings is 1. The normalized spacial score (nSPS) is 14.5. The average Bonchev–Trinajstić information content (AvgIpc) is 2.77. The first kappa shape index (κ1) is 13.7. The predicted molar refractivity (Wildman–Crippen MR) is 72.4 cm³/mol. The highest BCUT2D eigenvalue weighted by molar-refractivity contribution is 5.95. The summed E-state index contributed by atoms with van der Waals surface area (Å²) in [4.78, 5) is 13.3. The molecule has 1 fully saturated rings. The molecular formula is C14H22N2O. The van der Waals surface area contributed by atoms with Crippen LogP contribution in [0.4, 0.5) is 5.69 Å². The van der Waals surface area contributed by atoms with Crippen molar-refractivity contribution in [1.82, 2.24) is 5.32 Å². The molecule has 1 aromatic rings. The number of hydrogen-bond acceptors (Lipinski definition) is 2. The van der Waals surface area contributed by atoms with Crippen molar-refractivity contribution in [3.8, 4) is 0 Å². The first-order valence-electron chi connectivity index (χ1n) is 6.20. The molecule has 0 atom stereocenters. The number of nitrogens with zero attached hydrogens (tertiary/aromatic N) is 1. The highest BCUT2D eigenvalue weighted by Crippen LogP contribution is 2.21. The van der Waals surface area contributed by atoms with Gasteiger partial charge in [0.25, 0.3) is 0 Å². The number of hydrogen-bond donors (Lipinski definition) is 1. The Balaban J connectivity index is 0.000000437. The molecule has 0 unspecified atom stereocenters. The zero-order chi connectivity index (χ0) is 12.7. The summed E-state index contributed by atoms with van der Waals surface area (Å²) >= 11 is 0. The van der Waals surface area contributed by atoms with Crippen LogP contribution in [0.3, 0.4) is 0 Å². The maximum Gasteiger partial charge on any atom is 0.227 e. The summed E-state index contributed by atoms with van der Waals surface area (Å²) in [6, 6.07) is 8.28. The van der Waals surface area contributed by atoms with Gasteiger partial charge in [-0.1, -0.05) is 19.1 Å². The fourth-order valence-corrected chi connectivity index (χ4v) is 1.83. The fourth-order valence-electron chi connectivity index (χ4n) is 1.83. The number of nitrogens with one attached hydrogen (secondary N) is 1. The second-order valence-corrected chi connectivity index (χ2v) is 4.17. The van der Waals surface area contributed by atoms with Crippen molar-refractivity contribution < 1.29 is 4.79 Å². The van der Waals surface area contributed by atoms with Crippen LogP contribution in [-0.4, -0.2) is 26.5 Å². The third kappa shape index (κ3) is 3.86. The van der Waals surface area contributed by atoms with E-state index in [0.717, 1.165) is 25.1 Å². The van der Waals surface area contributed by atoms with Crippen molar-refractivity contribution in [2.24, 2.45) is 0 Å². The number of carbonyl (C=O) groups is 1. The number of amides is 1. The van der Waals surface area contributed by atoms with Gasteiger partial charge in [0.05, 0.1) is 0 Å². The number of aryl methyl sites for hydroxylation is 1. The van der Waals surface area contributed by atoms with E-state index in [9.17, 15) is 4.79 Å². The van der Waals surface area contributed by atoms with Crippen LogP contribution < -0.4 is 10.2 Å². The molecule has 3 nitrogen and oxygen atoms in total. The molecule has 0 aliphatic carbocycles. The Morgan fingerprint density at radius 3 is 2.24 bits per heavy atom. The van der Waals surface area contributed by atoms with Gasteiger partial charge in [0, 0.05) is 18.7 Å². The van der Waals surface area contributed by atoms with E-state index in [2.05, 4.69) is 24.4 Å². The zero-order valence-corrected chi connectivity index (χ0v) is 11.0. The van der Waals surface area contributed by atoms with Gasteiger partial charge in [-0.3, -0.25) is 4.79 Å². The monoisotopic (exact) mass is 234 g/mol. The van der Waals surface area contributed by atoms with Gasteiger partial charge in [-0.05, 0) is 44.6 Å². The first-order chi connectivity index (χ1) is 8.22. The molecule has 2 rings (SSSR count). The van der Waals surface area contributed by atoms with Gasteiger partial charge in [-0.2, -0.15) is 0 Å². The van der Waals surface area contributed by atoms with Crippen molar-refractivity contribution in [3.05, 3.63) is 29.8 Å². The van der Waals surface area contributed by atoms with Crippen molar-refractivity contribution in [1.29, 1.82) is 0 Å². The van der Waals surface area contributed by atoms with Crippen molar-refractivity contribution >= 4 is 11.6 Å². The molecule has 1 N–H and O–H groups in total. The van der Waals surface area contributed by atoms with E-state index < -0.39 is 0 Å². The first-order valence-corrected chi connectivity index (χ1v) is 6.20. The summed E-state index contributed by atoms with van der Waals surface area (Å²) in [5, 5.41) is 2.75. The van der Waals surface area contributed by atoms with E-state index in [0.29, 0.717) is 6.42 Å². The van der Waals surface area contributed by atoms with E-state index in [1.165, 1.54) is 5.56 Å². The molecule has 1 saturated heterocycles. The Morgan fingerprint density at radius 2 is 1.82 bits per heavy atom. The van der Waals surface area contributed by atoms with Crippen LogP contribution in [0.2, 0.25) is 0 Å². The molecule has 0 bridgehead atoms. The Bertz CT molecular complexity index is 346. The molecule has 0 aromatic heterocycles. The Morgan fingerprint density at radius 1 is 1.24 bits per heavy atom. The highest BCUT2D eigenvalue weighted by atomic mass is 16.2. The Labute approximate surface area is 104 Å². The highest BCUT2D eigenvalue weighted by Gasteiger charge is 2.21. The van der Waals surface area contributed by atoms with Gasteiger partial charge in [0.2, 0.25) is 5.91 Å². The van der Waals surface area contributed by atoms with Crippen molar-refractivity contribution in [2.75, 3.05) is 25.5 Å². The quantitative estimate of drug-likeness (QED) is 0.851. The molecule has 1 aliphatic rings. The van der Waals surface area contributed by atoms with Crippen LogP contribution >= 0.6 is 0 Å². The van der Waals surface area contributed by atoms with Crippen LogP contribution in [0.5, 0.6) is 0 Å². The van der Waals surface area contributed by atoms with Crippen molar-refractivity contribution in [2.45, 2.75) is 26.2 Å². The molecular weight excluding hydrogens is 212 g/mol. The summed E-state index contributed by atoms with van der Waals surface area (Å²) in [6.45, 7) is 3.01. The Kier molecular flexibility index (Phi) is 5.70. The SMILES string of the molecule is CCc1ccc(N2CCCC2=O)cc1.CNC. The van der Waals surface area contributed by atoms with Crippen LogP contribution in [-0.2, 0) is 11.2 Å². The molecule has 94 valence electrons. The van der Waals surface area contributed by atoms with Gasteiger partial charge in [-0.25, -0.2) is 0 Å². The third-order valence-electron chi connectivity index (χ3n) is 2.73. The predicted octanol–water partition coefficient (Wildman–Crippen LogP) is 2.21. The van der Waals surface area contributed by atoms with E-state index in [1.54, 1.807) is 0 Å². The summed E-state index contributed by atoms with van der Waals surface area (Å²) in [7, 11) is 3.75. The second-order valence-electron chi connectivity index (χ2n) is 4.17. The van der Waals surface area contributed by atoms with E-state index in [1.807, 2.05) is 31.1 Å². The van der Waals surface area contributed by atoms with E-state index in [-0.39, 0.29) is 5.91 Å². The smallest absolute Gasteiger partial charge is 0.227 e. The fraction of sp³-hybridized carbons (Fsp3) is 0.500. The lowest BCUT2D eigenvalue weighted by Crippen LogP contribution is -2.23. The van der Waals surface area contributed by atoms with Crippen LogP contribution in [0.15, 0.2) is 24.3 Å². The second kappa shape index (κ2) is 7.07. The average molecular weight is 234 g/mol. The van der Waals surface area contributed by atoms with Crippen LogP contribution in [0, 0.1) is 0 Å². The molecule has 0 saturated carbocycles. The lowest BCUT2D eigenvalue weighted by atomic mass is 10.1. The topological polar surface area (TPSA) is 32.3 Å². The number of rotatable bonds is 2. The summed E-state index contributed by atoms with van der Waals surface area (Å²) in [6.07, 6.45) is 2.75. The van der Waals surface area contributed by atoms with Crippen molar-refractivity contribution in [3.63, 3.8) is 0 Å². The zero-order valence-electron chi connectivity index (χ0n) is 11.0. The van der Waals surface area contributed by atoms with Gasteiger partial charge in [0.15, 0.2) is 0 Å². The minimum absolute atomic E-state index is 0.259. The third-order valence-corrected chi connectivity index (χ3v) is 2.73. The van der Waals surface area contributed by atoms with Gasteiger partial charge in [-0.15, -0.1) is 0 Å². The molecule has 1 amide bonds. The largest absolute Gasteiger partial charge is 0.323 e. The number of carbonyl (C=O) groups excluding carboxylic acids is 1. The standard InChI is InChI=1S/C12H15NO.C2H7N/c1-2-10-5-7-11(8-6-10)13-9-3-4-12(13)14;1-3-2/h5-8H,2-4,9H2,1H3;3H,1-2H3. The minimum Gasteiger partial charge on any atom is -0.323 e. The van der Waals surface area contributed by atoms with Gasteiger partial charge >= 0.3 is 0 Å². The summed E-state index contributed by atoms with van der Waals surface area (Å²) < 4.78 is 0. The van der Waals surface area contributed by atoms with Gasteiger partial charge < -0.3 is 10.2 Å². The molecule has 17 heavy (non-hydrogen) atoms. The van der Waals surface area contributed by atoms with E-state index in [4.69, 9.17) is 0 Å². The molecule has 1 aliphatic heterocycles. The molecule has 0 radical (unpaired) electrons. The lowest BCUT2D eigenvalue weighted by molar-refractivity contribution is -0.117. The molecule has 0 spiro atoms. The maximum atomic E-state index is 11.5. The summed E-state index contributed by atoms with van der Waals surface area (Å²) in [5.41, 5.74) is 2.37. The molecule has 1 heterocycles. The lowest BCUT2D eigenvalue weighted by Gasteiger charge is -2.15. The number of anilines is 1. The van der Waals surface area contributed by atoms with Crippen LogP contribution in [0.25, 0.3) is 0 Å². The molecule has 3 heteroatoms. The minimum atomic E-state index is 0.259. The van der Waals surface area contributed by atoms with E-state index >= 15 is 0 Å².